The molecular weight excluding hydrogens is 294 g/mol. The first kappa shape index (κ1) is 16.0. The van der Waals surface area contributed by atoms with Crippen molar-refractivity contribution in [2.75, 3.05) is 11.9 Å². The summed E-state index contributed by atoms with van der Waals surface area (Å²) in [4.78, 5) is 11.7. The van der Waals surface area contributed by atoms with Gasteiger partial charge in [0.25, 0.3) is 0 Å². The number of halogens is 2. The van der Waals surface area contributed by atoms with Crippen LogP contribution in [0.1, 0.15) is 12.7 Å². The molecule has 0 bridgehead atoms. The summed E-state index contributed by atoms with van der Waals surface area (Å²) in [5.41, 5.74) is -1.80. The van der Waals surface area contributed by atoms with Crippen molar-refractivity contribution in [3.8, 4) is 0 Å². The predicted molar refractivity (Wildman–Crippen MR) is 76.4 cm³/mol. The van der Waals surface area contributed by atoms with E-state index in [1.807, 2.05) is 0 Å². The molecule has 1 atom stereocenters. The Morgan fingerprint density at radius 3 is 2.55 bits per heavy atom. The van der Waals surface area contributed by atoms with Crippen molar-refractivity contribution in [1.29, 1.82) is 0 Å². The highest BCUT2D eigenvalue weighted by atomic mass is 19.1. The Hall–Kier alpha value is -2.41. The topological polar surface area (TPSA) is 74.5 Å². The van der Waals surface area contributed by atoms with Gasteiger partial charge in [0.1, 0.15) is 23.1 Å². The molecule has 0 saturated carbocycles. The normalized spacial score (nSPS) is 13.5. The summed E-state index contributed by atoms with van der Waals surface area (Å²) in [5.74, 6) is -1.19. The van der Waals surface area contributed by atoms with Crippen molar-refractivity contribution in [2.24, 2.45) is 0 Å². The van der Waals surface area contributed by atoms with Gasteiger partial charge in [0, 0.05) is 13.0 Å². The van der Waals surface area contributed by atoms with Gasteiger partial charge in [-0.1, -0.05) is 6.07 Å². The molecule has 7 heteroatoms. The lowest BCUT2D eigenvalue weighted by Crippen LogP contribution is -2.43. The van der Waals surface area contributed by atoms with Crippen molar-refractivity contribution in [3.63, 3.8) is 0 Å². The van der Waals surface area contributed by atoms with Gasteiger partial charge in [-0.25, -0.2) is 13.6 Å². The SMILES string of the molecule is CC(O)(CNC(=O)Nc1c(F)cccc1F)Cc1ccco1. The summed E-state index contributed by atoms with van der Waals surface area (Å²) in [5, 5.41) is 14.6. The van der Waals surface area contributed by atoms with Gasteiger partial charge in [-0.15, -0.1) is 0 Å². The molecule has 0 aliphatic rings. The Balaban J connectivity index is 1.89. The number of aliphatic hydroxyl groups is 1. The van der Waals surface area contributed by atoms with E-state index in [2.05, 4.69) is 10.6 Å². The zero-order valence-corrected chi connectivity index (χ0v) is 11.9. The van der Waals surface area contributed by atoms with Crippen molar-refractivity contribution in [1.82, 2.24) is 5.32 Å². The van der Waals surface area contributed by atoms with Gasteiger partial charge in [0.15, 0.2) is 0 Å². The van der Waals surface area contributed by atoms with Crippen molar-refractivity contribution >= 4 is 11.7 Å². The second-order valence-electron chi connectivity index (χ2n) is 5.16. The second kappa shape index (κ2) is 6.57. The lowest BCUT2D eigenvalue weighted by atomic mass is 10.0. The summed E-state index contributed by atoms with van der Waals surface area (Å²) in [6.07, 6.45) is 1.67. The fraction of sp³-hybridized carbons (Fsp3) is 0.267. The fourth-order valence-corrected chi connectivity index (χ4v) is 1.90. The summed E-state index contributed by atoms with van der Waals surface area (Å²) in [7, 11) is 0. The number of benzene rings is 1. The summed E-state index contributed by atoms with van der Waals surface area (Å²) in [6, 6.07) is 5.83. The van der Waals surface area contributed by atoms with Crippen LogP contribution >= 0.6 is 0 Å². The Bertz CT molecular complexity index is 622. The first-order valence-corrected chi connectivity index (χ1v) is 6.61. The molecule has 2 aromatic rings. The molecule has 1 heterocycles. The van der Waals surface area contributed by atoms with E-state index in [-0.39, 0.29) is 13.0 Å². The Labute approximate surface area is 125 Å². The Kier molecular flexibility index (Phi) is 4.77. The average molecular weight is 310 g/mol. The van der Waals surface area contributed by atoms with Crippen LogP contribution in [0.25, 0.3) is 0 Å². The van der Waals surface area contributed by atoms with Gasteiger partial charge in [0.05, 0.1) is 11.9 Å². The van der Waals surface area contributed by atoms with Gasteiger partial charge in [-0.3, -0.25) is 0 Å². The smallest absolute Gasteiger partial charge is 0.319 e. The van der Waals surface area contributed by atoms with Crippen LogP contribution in [0.15, 0.2) is 41.0 Å². The van der Waals surface area contributed by atoms with Crippen LogP contribution in [0.4, 0.5) is 19.3 Å². The maximum Gasteiger partial charge on any atom is 0.319 e. The monoisotopic (exact) mass is 310 g/mol. The zero-order chi connectivity index (χ0) is 16.2. The first-order chi connectivity index (χ1) is 10.4. The highest BCUT2D eigenvalue weighted by molar-refractivity contribution is 5.89. The second-order valence-corrected chi connectivity index (χ2v) is 5.16. The van der Waals surface area contributed by atoms with Crippen LogP contribution in [0.3, 0.4) is 0 Å². The number of hydrogen-bond donors (Lipinski definition) is 3. The minimum absolute atomic E-state index is 0.115. The van der Waals surface area contributed by atoms with Gasteiger partial charge < -0.3 is 20.2 Å². The van der Waals surface area contributed by atoms with Crippen LogP contribution in [-0.2, 0) is 6.42 Å². The van der Waals surface area contributed by atoms with E-state index in [0.717, 1.165) is 12.1 Å². The molecule has 0 aliphatic heterocycles. The van der Waals surface area contributed by atoms with Crippen LogP contribution in [0.5, 0.6) is 0 Å². The number of para-hydroxylation sites is 1. The third-order valence-corrected chi connectivity index (χ3v) is 2.97. The molecule has 1 aromatic heterocycles. The highest BCUT2D eigenvalue weighted by Gasteiger charge is 2.23. The van der Waals surface area contributed by atoms with E-state index in [4.69, 9.17) is 4.42 Å². The average Bonchev–Trinajstić information content (AvgIpc) is 2.93. The van der Waals surface area contributed by atoms with E-state index in [9.17, 15) is 18.7 Å². The third kappa shape index (κ3) is 4.29. The van der Waals surface area contributed by atoms with Gasteiger partial charge in [-0.2, -0.15) is 0 Å². The molecule has 1 unspecified atom stereocenters. The third-order valence-electron chi connectivity index (χ3n) is 2.97. The number of rotatable bonds is 5. The van der Waals surface area contributed by atoms with Crippen molar-refractivity contribution in [3.05, 3.63) is 54.0 Å². The first-order valence-electron chi connectivity index (χ1n) is 6.61. The van der Waals surface area contributed by atoms with E-state index in [0.29, 0.717) is 5.76 Å². The van der Waals surface area contributed by atoms with Crippen LogP contribution in [0.2, 0.25) is 0 Å². The fourth-order valence-electron chi connectivity index (χ4n) is 1.90. The molecule has 0 saturated heterocycles. The van der Waals surface area contributed by atoms with Crippen molar-refractivity contribution < 1.29 is 23.1 Å². The minimum atomic E-state index is -1.26. The van der Waals surface area contributed by atoms with Crippen LogP contribution < -0.4 is 10.6 Å². The van der Waals surface area contributed by atoms with Crippen LogP contribution in [-0.4, -0.2) is 23.3 Å². The number of hydrogen-bond acceptors (Lipinski definition) is 3. The summed E-state index contributed by atoms with van der Waals surface area (Å²) >= 11 is 0. The molecule has 0 fully saturated rings. The molecule has 118 valence electrons. The molecule has 22 heavy (non-hydrogen) atoms. The lowest BCUT2D eigenvalue weighted by Gasteiger charge is -2.22. The summed E-state index contributed by atoms with van der Waals surface area (Å²) in [6.45, 7) is 1.40. The van der Waals surface area contributed by atoms with E-state index < -0.39 is 29.0 Å². The van der Waals surface area contributed by atoms with E-state index in [1.54, 1.807) is 12.1 Å². The predicted octanol–water partition coefficient (Wildman–Crippen LogP) is 2.67. The molecule has 0 spiro atoms. The number of amides is 2. The molecule has 3 N–H and O–H groups in total. The largest absolute Gasteiger partial charge is 0.469 e. The molecule has 0 aliphatic carbocycles. The number of carbonyl (C=O) groups is 1. The quantitative estimate of drug-likeness (QED) is 0.795. The number of furan rings is 1. The number of nitrogens with one attached hydrogen (secondary N) is 2. The molecule has 2 rings (SSSR count). The number of carbonyl (C=O) groups excluding carboxylic acids is 1. The highest BCUT2D eigenvalue weighted by Crippen LogP contribution is 2.18. The maximum absolute atomic E-state index is 13.4. The van der Waals surface area contributed by atoms with Crippen molar-refractivity contribution in [2.45, 2.75) is 18.9 Å². The summed E-state index contributed by atoms with van der Waals surface area (Å²) < 4.78 is 31.9. The molecule has 5 nitrogen and oxygen atoms in total. The molecule has 2 amide bonds. The van der Waals surface area contributed by atoms with Gasteiger partial charge >= 0.3 is 6.03 Å². The van der Waals surface area contributed by atoms with Gasteiger partial charge in [-0.05, 0) is 31.2 Å². The molecular formula is C15H16F2N2O3. The standard InChI is InChI=1S/C15H16F2N2O3/c1-15(21,8-10-4-3-7-22-10)9-18-14(20)19-13-11(16)5-2-6-12(13)17/h2-7,21H,8-9H2,1H3,(H2,18,19,20). The Morgan fingerprint density at radius 1 is 1.27 bits per heavy atom. The lowest BCUT2D eigenvalue weighted by molar-refractivity contribution is 0.0577. The van der Waals surface area contributed by atoms with Crippen LogP contribution in [0, 0.1) is 11.6 Å². The zero-order valence-electron chi connectivity index (χ0n) is 11.9. The molecule has 0 radical (unpaired) electrons. The number of anilines is 1. The minimum Gasteiger partial charge on any atom is -0.469 e. The molecule has 1 aromatic carbocycles. The maximum atomic E-state index is 13.4. The Morgan fingerprint density at radius 2 is 1.95 bits per heavy atom. The van der Waals surface area contributed by atoms with E-state index >= 15 is 0 Å². The van der Waals surface area contributed by atoms with Gasteiger partial charge in [0.2, 0.25) is 0 Å². The number of urea groups is 1. The van der Waals surface area contributed by atoms with E-state index in [1.165, 1.54) is 19.3 Å².